The van der Waals surface area contributed by atoms with Gasteiger partial charge in [0.1, 0.15) is 0 Å². The van der Waals surface area contributed by atoms with E-state index in [0.717, 1.165) is 30.2 Å². The van der Waals surface area contributed by atoms with E-state index >= 15 is 0 Å². The minimum atomic E-state index is 0. The number of aliphatic imine (C=N–C) groups is 1. The average molecular weight is 578 g/mol. The SMILES string of the molecule is CN=C(NCCc1ccc(-n2cccn2)cc1)NCCc1nc(-c2ccc(Cl)cc2)no1.I. The third-order valence-electron chi connectivity index (χ3n) is 4.84. The lowest BCUT2D eigenvalue weighted by molar-refractivity contribution is 0.378. The molecule has 0 amide bonds. The molecule has 2 aromatic carbocycles. The van der Waals surface area contributed by atoms with Crippen LogP contribution in [0.15, 0.2) is 76.5 Å². The van der Waals surface area contributed by atoms with Crippen LogP contribution in [-0.4, -0.2) is 46.0 Å². The molecule has 4 aromatic rings. The molecule has 0 aliphatic heterocycles. The fourth-order valence-electron chi connectivity index (χ4n) is 3.14. The van der Waals surface area contributed by atoms with Gasteiger partial charge in [0.25, 0.3) is 0 Å². The molecule has 2 heterocycles. The van der Waals surface area contributed by atoms with Crippen molar-refractivity contribution in [1.82, 2.24) is 30.6 Å². The molecule has 10 heteroatoms. The zero-order valence-corrected chi connectivity index (χ0v) is 21.2. The van der Waals surface area contributed by atoms with Crippen molar-refractivity contribution in [1.29, 1.82) is 0 Å². The number of rotatable bonds is 8. The first-order chi connectivity index (χ1) is 15.7. The molecule has 0 aliphatic carbocycles. The van der Waals surface area contributed by atoms with E-state index in [0.29, 0.717) is 29.7 Å². The van der Waals surface area contributed by atoms with E-state index in [4.69, 9.17) is 16.1 Å². The Morgan fingerprint density at radius 2 is 1.76 bits per heavy atom. The molecule has 2 N–H and O–H groups in total. The highest BCUT2D eigenvalue weighted by atomic mass is 127. The van der Waals surface area contributed by atoms with Gasteiger partial charge in [0, 0.05) is 49.5 Å². The summed E-state index contributed by atoms with van der Waals surface area (Å²) in [6, 6.07) is 17.6. The summed E-state index contributed by atoms with van der Waals surface area (Å²) in [5.41, 5.74) is 3.15. The number of nitrogens with zero attached hydrogens (tertiary/aromatic N) is 5. The molecule has 2 aromatic heterocycles. The van der Waals surface area contributed by atoms with Gasteiger partial charge >= 0.3 is 0 Å². The number of guanidine groups is 1. The van der Waals surface area contributed by atoms with Gasteiger partial charge < -0.3 is 15.2 Å². The Hall–Kier alpha value is -2.92. The Morgan fingerprint density at radius 3 is 2.42 bits per heavy atom. The minimum absolute atomic E-state index is 0. The molecular formula is C23H25ClIN7O. The maximum absolute atomic E-state index is 5.92. The molecule has 0 saturated carbocycles. The van der Waals surface area contributed by atoms with Crippen molar-refractivity contribution in [2.24, 2.45) is 4.99 Å². The molecule has 0 bridgehead atoms. The molecule has 4 rings (SSSR count). The number of benzene rings is 2. The van der Waals surface area contributed by atoms with Crippen molar-refractivity contribution in [3.63, 3.8) is 0 Å². The number of nitrogens with one attached hydrogen (secondary N) is 2. The van der Waals surface area contributed by atoms with Crippen LogP contribution in [0.4, 0.5) is 0 Å². The predicted molar refractivity (Wildman–Crippen MR) is 140 cm³/mol. The van der Waals surface area contributed by atoms with Crippen molar-refractivity contribution in [3.05, 3.63) is 83.5 Å². The molecule has 0 spiro atoms. The summed E-state index contributed by atoms with van der Waals surface area (Å²) < 4.78 is 7.18. The summed E-state index contributed by atoms with van der Waals surface area (Å²) in [6.07, 6.45) is 5.18. The Labute approximate surface area is 214 Å². The summed E-state index contributed by atoms with van der Waals surface area (Å²) in [6.45, 7) is 1.39. The zero-order valence-electron chi connectivity index (χ0n) is 18.1. The maximum atomic E-state index is 5.92. The van der Waals surface area contributed by atoms with Crippen LogP contribution in [0, 0.1) is 0 Å². The number of hydrogen-bond acceptors (Lipinski definition) is 5. The van der Waals surface area contributed by atoms with Crippen molar-refractivity contribution in [2.75, 3.05) is 20.1 Å². The van der Waals surface area contributed by atoms with E-state index in [-0.39, 0.29) is 24.0 Å². The van der Waals surface area contributed by atoms with E-state index < -0.39 is 0 Å². The second-order valence-electron chi connectivity index (χ2n) is 7.06. The molecule has 0 aliphatic rings. The van der Waals surface area contributed by atoms with Crippen molar-refractivity contribution < 1.29 is 4.52 Å². The van der Waals surface area contributed by atoms with Gasteiger partial charge in [-0.1, -0.05) is 28.9 Å². The summed E-state index contributed by atoms with van der Waals surface area (Å²) in [5.74, 6) is 1.85. The van der Waals surface area contributed by atoms with Crippen LogP contribution in [0.5, 0.6) is 0 Å². The van der Waals surface area contributed by atoms with E-state index in [1.807, 2.05) is 29.1 Å². The van der Waals surface area contributed by atoms with Gasteiger partial charge in [-0.2, -0.15) is 10.1 Å². The average Bonchev–Trinajstić information content (AvgIpc) is 3.52. The fourth-order valence-corrected chi connectivity index (χ4v) is 3.27. The third-order valence-corrected chi connectivity index (χ3v) is 5.09. The smallest absolute Gasteiger partial charge is 0.228 e. The highest BCUT2D eigenvalue weighted by Gasteiger charge is 2.09. The fraction of sp³-hybridized carbons (Fsp3) is 0.217. The second-order valence-corrected chi connectivity index (χ2v) is 7.50. The lowest BCUT2D eigenvalue weighted by Gasteiger charge is -2.11. The van der Waals surface area contributed by atoms with Crippen LogP contribution in [-0.2, 0) is 12.8 Å². The quantitative estimate of drug-likeness (QED) is 0.186. The van der Waals surface area contributed by atoms with Crippen LogP contribution >= 0.6 is 35.6 Å². The van der Waals surface area contributed by atoms with Gasteiger partial charge in [-0.3, -0.25) is 4.99 Å². The molecule has 0 fully saturated rings. The number of halogens is 2. The third kappa shape index (κ3) is 7.03. The van der Waals surface area contributed by atoms with E-state index in [2.05, 4.69) is 55.1 Å². The van der Waals surface area contributed by atoms with Crippen molar-refractivity contribution in [2.45, 2.75) is 12.8 Å². The van der Waals surface area contributed by atoms with E-state index in [1.54, 1.807) is 25.4 Å². The highest BCUT2D eigenvalue weighted by molar-refractivity contribution is 14.0. The molecule has 0 atom stereocenters. The molecule has 0 saturated heterocycles. The van der Waals surface area contributed by atoms with Gasteiger partial charge in [-0.05, 0) is 54.4 Å². The van der Waals surface area contributed by atoms with Crippen molar-refractivity contribution >= 4 is 41.5 Å². The molecule has 33 heavy (non-hydrogen) atoms. The Kier molecular flexibility index (Phi) is 9.25. The largest absolute Gasteiger partial charge is 0.356 e. The van der Waals surface area contributed by atoms with Gasteiger partial charge in [-0.25, -0.2) is 4.68 Å². The van der Waals surface area contributed by atoms with Crippen LogP contribution in [0.2, 0.25) is 5.02 Å². The predicted octanol–water partition coefficient (Wildman–Crippen LogP) is 4.14. The Bertz CT molecular complexity index is 1140. The van der Waals surface area contributed by atoms with Gasteiger partial charge in [0.05, 0.1) is 5.69 Å². The van der Waals surface area contributed by atoms with Crippen LogP contribution in [0.3, 0.4) is 0 Å². The molecule has 0 unspecified atom stereocenters. The lowest BCUT2D eigenvalue weighted by atomic mass is 10.1. The summed E-state index contributed by atoms with van der Waals surface area (Å²) >= 11 is 5.92. The van der Waals surface area contributed by atoms with Crippen LogP contribution in [0.25, 0.3) is 17.1 Å². The number of hydrogen-bond donors (Lipinski definition) is 2. The van der Waals surface area contributed by atoms with Gasteiger partial charge in [-0.15, -0.1) is 24.0 Å². The maximum Gasteiger partial charge on any atom is 0.228 e. The van der Waals surface area contributed by atoms with Crippen molar-refractivity contribution in [3.8, 4) is 17.1 Å². The summed E-state index contributed by atoms with van der Waals surface area (Å²) in [5, 5.41) is 15.5. The van der Waals surface area contributed by atoms with Crippen LogP contribution < -0.4 is 10.6 Å². The van der Waals surface area contributed by atoms with E-state index in [1.165, 1.54) is 5.56 Å². The first-order valence-corrected chi connectivity index (χ1v) is 10.7. The minimum Gasteiger partial charge on any atom is -0.356 e. The molecule has 172 valence electrons. The van der Waals surface area contributed by atoms with Crippen LogP contribution in [0.1, 0.15) is 11.5 Å². The second kappa shape index (κ2) is 12.4. The molecule has 0 radical (unpaired) electrons. The molecular weight excluding hydrogens is 553 g/mol. The topological polar surface area (TPSA) is 93.2 Å². The zero-order chi connectivity index (χ0) is 22.2. The highest BCUT2D eigenvalue weighted by Crippen LogP contribution is 2.18. The normalized spacial score (nSPS) is 11.2. The lowest BCUT2D eigenvalue weighted by Crippen LogP contribution is -2.39. The standard InChI is InChI=1S/C23H24ClN7O.HI/c1-25-23(26-14-11-17-3-9-20(10-4-17)31-16-2-13-28-31)27-15-12-21-29-22(30-32-21)18-5-7-19(24)8-6-18;/h2-10,13,16H,11-12,14-15H2,1H3,(H2,25,26,27);1H. The first kappa shape index (κ1) is 24.7. The summed E-state index contributed by atoms with van der Waals surface area (Å²) in [7, 11) is 1.75. The number of aromatic nitrogens is 4. The molecule has 8 nitrogen and oxygen atoms in total. The Balaban J connectivity index is 0.00000306. The Morgan fingerprint density at radius 1 is 1.03 bits per heavy atom. The van der Waals surface area contributed by atoms with Gasteiger partial charge in [0.15, 0.2) is 5.96 Å². The first-order valence-electron chi connectivity index (χ1n) is 10.3. The van der Waals surface area contributed by atoms with Gasteiger partial charge in [0.2, 0.25) is 11.7 Å². The van der Waals surface area contributed by atoms with E-state index in [9.17, 15) is 0 Å². The summed E-state index contributed by atoms with van der Waals surface area (Å²) in [4.78, 5) is 8.70. The monoisotopic (exact) mass is 577 g/mol.